The summed E-state index contributed by atoms with van der Waals surface area (Å²) >= 11 is 0. The topological polar surface area (TPSA) is 57.5 Å². The molecule has 0 fully saturated rings. The minimum Gasteiger partial charge on any atom is -0.324 e. The van der Waals surface area contributed by atoms with Crippen LogP contribution in [-0.4, -0.2) is 15.4 Å². The molecule has 24 heavy (non-hydrogen) atoms. The van der Waals surface area contributed by atoms with Crippen molar-refractivity contribution in [3.63, 3.8) is 0 Å². The molecule has 0 saturated heterocycles. The van der Waals surface area contributed by atoms with Crippen LogP contribution in [0.15, 0.2) is 0 Å². The van der Waals surface area contributed by atoms with Gasteiger partial charge in [-0.2, -0.15) is 0 Å². The molecule has 146 valence electrons. The molecule has 0 aromatic rings. The molecule has 0 aliphatic carbocycles. The van der Waals surface area contributed by atoms with Crippen molar-refractivity contribution >= 4 is 7.60 Å². The fourth-order valence-corrected chi connectivity index (χ4v) is 4.50. The molecule has 0 rings (SSSR count). The second-order valence-corrected chi connectivity index (χ2v) is 9.32. The number of rotatable bonds is 18. The van der Waals surface area contributed by atoms with Crippen LogP contribution in [0, 0.1) is 0 Å². The van der Waals surface area contributed by atoms with Crippen molar-refractivity contribution in [2.45, 2.75) is 129 Å². The Morgan fingerprint density at radius 3 is 1.29 bits per heavy atom. The molecule has 4 heteroatoms. The van der Waals surface area contributed by atoms with Crippen LogP contribution in [0.25, 0.3) is 0 Å². The van der Waals surface area contributed by atoms with Crippen molar-refractivity contribution in [1.82, 2.24) is 0 Å². The highest BCUT2D eigenvalue weighted by atomic mass is 31.2. The van der Waals surface area contributed by atoms with Crippen LogP contribution in [0.5, 0.6) is 0 Å². The predicted octanol–water partition coefficient (Wildman–Crippen LogP) is 7.20. The molecular weight excluding hydrogens is 319 g/mol. The van der Waals surface area contributed by atoms with Crippen LogP contribution in [0.4, 0.5) is 0 Å². The van der Waals surface area contributed by atoms with Crippen molar-refractivity contribution in [2.24, 2.45) is 0 Å². The molecule has 1 atom stereocenters. The summed E-state index contributed by atoms with van der Waals surface area (Å²) in [6, 6.07) is 0. The summed E-state index contributed by atoms with van der Waals surface area (Å²) in [7, 11) is -3.88. The quantitative estimate of drug-likeness (QED) is 0.200. The summed E-state index contributed by atoms with van der Waals surface area (Å²) < 4.78 is 11.4. The van der Waals surface area contributed by atoms with Gasteiger partial charge in [0.1, 0.15) is 0 Å². The SMILES string of the molecule is CCCCCCCCCCCCCCCCC(CCC)P(=O)(O)O. The first kappa shape index (κ1) is 24.1. The lowest BCUT2D eigenvalue weighted by Crippen LogP contribution is -2.08. The van der Waals surface area contributed by atoms with Gasteiger partial charge in [-0.3, -0.25) is 4.57 Å². The highest BCUT2D eigenvalue weighted by Crippen LogP contribution is 2.45. The minimum absolute atomic E-state index is 0.403. The zero-order valence-corrected chi connectivity index (χ0v) is 17.2. The van der Waals surface area contributed by atoms with Gasteiger partial charge in [-0.1, -0.05) is 110 Å². The van der Waals surface area contributed by atoms with Crippen molar-refractivity contribution in [1.29, 1.82) is 0 Å². The van der Waals surface area contributed by atoms with Crippen molar-refractivity contribution in [2.75, 3.05) is 0 Å². The van der Waals surface area contributed by atoms with Gasteiger partial charge in [-0.05, 0) is 12.8 Å². The summed E-state index contributed by atoms with van der Waals surface area (Å²) in [6.07, 6.45) is 20.6. The van der Waals surface area contributed by atoms with E-state index in [1.54, 1.807) is 0 Å². The van der Waals surface area contributed by atoms with Gasteiger partial charge < -0.3 is 9.79 Å². The standard InChI is InChI=1S/C20H43O3P/c1-3-5-6-7-8-9-10-11-12-13-14-15-16-17-19-20(18-4-2)24(21,22)23/h20H,3-19H2,1-2H3,(H2,21,22,23). The van der Waals surface area contributed by atoms with Crippen LogP contribution < -0.4 is 0 Å². The summed E-state index contributed by atoms with van der Waals surface area (Å²) in [4.78, 5) is 18.6. The first-order valence-corrected chi connectivity index (χ1v) is 12.3. The van der Waals surface area contributed by atoms with Gasteiger partial charge >= 0.3 is 7.60 Å². The lowest BCUT2D eigenvalue weighted by molar-refractivity contribution is 0.347. The monoisotopic (exact) mass is 362 g/mol. The van der Waals surface area contributed by atoms with Crippen LogP contribution in [0.2, 0.25) is 0 Å². The lowest BCUT2D eigenvalue weighted by atomic mass is 10.0. The molecule has 0 radical (unpaired) electrons. The van der Waals surface area contributed by atoms with Crippen LogP contribution in [-0.2, 0) is 4.57 Å². The van der Waals surface area contributed by atoms with Gasteiger partial charge in [-0.15, -0.1) is 0 Å². The average molecular weight is 363 g/mol. The molecular formula is C20H43O3P. The largest absolute Gasteiger partial charge is 0.328 e. The summed E-state index contributed by atoms with van der Waals surface area (Å²) in [5.41, 5.74) is -0.403. The molecule has 0 aliphatic heterocycles. The maximum atomic E-state index is 11.4. The minimum atomic E-state index is -3.88. The third-order valence-corrected chi connectivity index (χ3v) is 6.46. The first-order chi connectivity index (χ1) is 11.5. The van der Waals surface area contributed by atoms with Crippen molar-refractivity contribution < 1.29 is 14.4 Å². The molecule has 1 unspecified atom stereocenters. The number of unbranched alkanes of at least 4 members (excludes halogenated alkanes) is 13. The Kier molecular flexibility index (Phi) is 16.7. The first-order valence-electron chi connectivity index (χ1n) is 10.6. The molecule has 0 heterocycles. The predicted molar refractivity (Wildman–Crippen MR) is 106 cm³/mol. The van der Waals surface area contributed by atoms with Gasteiger partial charge in [0.2, 0.25) is 0 Å². The molecule has 0 amide bonds. The van der Waals surface area contributed by atoms with E-state index in [9.17, 15) is 14.4 Å². The molecule has 0 saturated carbocycles. The third kappa shape index (κ3) is 15.7. The summed E-state index contributed by atoms with van der Waals surface area (Å²) in [5.74, 6) is 0. The van der Waals surface area contributed by atoms with E-state index in [1.807, 2.05) is 6.92 Å². The Hall–Kier alpha value is 0.150. The fraction of sp³-hybridized carbons (Fsp3) is 1.00. The molecule has 0 aromatic carbocycles. The van der Waals surface area contributed by atoms with E-state index in [1.165, 1.54) is 77.0 Å². The Morgan fingerprint density at radius 1 is 0.583 bits per heavy atom. The zero-order valence-electron chi connectivity index (χ0n) is 16.3. The average Bonchev–Trinajstić information content (AvgIpc) is 2.53. The smallest absolute Gasteiger partial charge is 0.324 e. The normalized spacial score (nSPS) is 13.3. The Morgan fingerprint density at radius 2 is 0.958 bits per heavy atom. The van der Waals surface area contributed by atoms with E-state index >= 15 is 0 Å². The van der Waals surface area contributed by atoms with E-state index in [0.717, 1.165) is 19.3 Å². The Balaban J connectivity index is 3.32. The van der Waals surface area contributed by atoms with E-state index in [0.29, 0.717) is 12.8 Å². The molecule has 0 bridgehead atoms. The van der Waals surface area contributed by atoms with E-state index in [4.69, 9.17) is 0 Å². The van der Waals surface area contributed by atoms with Crippen LogP contribution >= 0.6 is 7.60 Å². The second-order valence-electron chi connectivity index (χ2n) is 7.42. The summed E-state index contributed by atoms with van der Waals surface area (Å²) in [6.45, 7) is 4.26. The maximum absolute atomic E-state index is 11.4. The molecule has 0 aliphatic rings. The maximum Gasteiger partial charge on any atom is 0.328 e. The van der Waals surface area contributed by atoms with Gasteiger partial charge in [0.05, 0.1) is 5.66 Å². The summed E-state index contributed by atoms with van der Waals surface area (Å²) in [5, 5.41) is 0. The van der Waals surface area contributed by atoms with E-state index in [2.05, 4.69) is 6.92 Å². The van der Waals surface area contributed by atoms with Crippen molar-refractivity contribution in [3.8, 4) is 0 Å². The van der Waals surface area contributed by atoms with Gasteiger partial charge in [-0.25, -0.2) is 0 Å². The third-order valence-electron chi connectivity index (χ3n) is 4.99. The number of hydrogen-bond acceptors (Lipinski definition) is 1. The van der Waals surface area contributed by atoms with Gasteiger partial charge in [0, 0.05) is 0 Å². The van der Waals surface area contributed by atoms with E-state index < -0.39 is 13.3 Å². The molecule has 2 N–H and O–H groups in total. The Bertz CT molecular complexity index is 301. The fourth-order valence-electron chi connectivity index (χ4n) is 3.39. The molecule has 0 spiro atoms. The Labute approximate surface area is 151 Å². The molecule has 0 aromatic heterocycles. The van der Waals surface area contributed by atoms with Crippen LogP contribution in [0.3, 0.4) is 0 Å². The van der Waals surface area contributed by atoms with E-state index in [-0.39, 0.29) is 0 Å². The molecule has 3 nitrogen and oxygen atoms in total. The zero-order chi connectivity index (χ0) is 18.1. The second kappa shape index (κ2) is 16.6. The highest BCUT2D eigenvalue weighted by Gasteiger charge is 2.26. The van der Waals surface area contributed by atoms with Gasteiger partial charge in [0.15, 0.2) is 0 Å². The lowest BCUT2D eigenvalue weighted by Gasteiger charge is -2.17. The van der Waals surface area contributed by atoms with Gasteiger partial charge in [0.25, 0.3) is 0 Å². The van der Waals surface area contributed by atoms with Crippen LogP contribution in [0.1, 0.15) is 123 Å². The van der Waals surface area contributed by atoms with Crippen molar-refractivity contribution in [3.05, 3.63) is 0 Å². The number of hydrogen-bond donors (Lipinski definition) is 2. The highest BCUT2D eigenvalue weighted by molar-refractivity contribution is 7.52.